The highest BCUT2D eigenvalue weighted by Gasteiger charge is 2.28. The number of hydrogen-bond acceptors (Lipinski definition) is 3. The second kappa shape index (κ2) is 8.52. The fraction of sp³-hybridized carbons (Fsp3) is 0.435. The number of halogens is 1. The Hall–Kier alpha value is -1.80. The maximum Gasteiger partial charge on any atom is 0.252 e. The minimum absolute atomic E-state index is 0.106. The van der Waals surface area contributed by atoms with Gasteiger partial charge in [0.05, 0.1) is 17.0 Å². The van der Waals surface area contributed by atoms with Crippen LogP contribution in [0, 0.1) is 0 Å². The van der Waals surface area contributed by atoms with Gasteiger partial charge in [0.15, 0.2) is 0 Å². The van der Waals surface area contributed by atoms with E-state index in [0.29, 0.717) is 30.7 Å². The number of amides is 1. The second-order valence-electron chi connectivity index (χ2n) is 7.96. The van der Waals surface area contributed by atoms with Gasteiger partial charge in [-0.3, -0.25) is 9.69 Å². The first-order valence-electron chi connectivity index (χ1n) is 10.3. The number of rotatable bonds is 4. The molecule has 0 radical (unpaired) electrons. The smallest absolute Gasteiger partial charge is 0.252 e. The summed E-state index contributed by atoms with van der Waals surface area (Å²) in [5.41, 5.74) is 3.33. The van der Waals surface area contributed by atoms with Gasteiger partial charge in [-0.15, -0.1) is 0 Å². The first kappa shape index (κ1) is 20.5. The third kappa shape index (κ3) is 3.97. The van der Waals surface area contributed by atoms with Gasteiger partial charge < -0.3 is 9.88 Å². The monoisotopic (exact) mass is 504 g/mol. The first-order valence-corrected chi connectivity index (χ1v) is 12.7. The largest absolute Gasteiger partial charge is 0.350 e. The van der Waals surface area contributed by atoms with E-state index in [-0.39, 0.29) is 26.6 Å². The summed E-state index contributed by atoms with van der Waals surface area (Å²) in [6, 6.07) is 1.37. The highest BCUT2D eigenvalue weighted by Crippen LogP contribution is 2.32. The molecule has 1 N–H and O–H groups in total. The van der Waals surface area contributed by atoms with E-state index in [2.05, 4.69) is 51.4 Å². The van der Waals surface area contributed by atoms with E-state index in [0.717, 1.165) is 23.8 Å². The molecule has 2 atom stereocenters. The van der Waals surface area contributed by atoms with Crippen LogP contribution in [0.25, 0.3) is 17.2 Å². The Morgan fingerprint density at radius 3 is 2.72 bits per heavy atom. The molecular formula is C23H29IN4O. The molecule has 0 aromatic carbocycles. The Morgan fingerprint density at radius 1 is 1.31 bits per heavy atom. The number of nitrogens with zero attached hydrogens (tertiary/aromatic N) is 3. The number of likely N-dealkylation sites (tertiary alicyclic amines) is 1. The molecule has 0 saturated carbocycles. The van der Waals surface area contributed by atoms with Crippen molar-refractivity contribution in [1.82, 2.24) is 19.8 Å². The van der Waals surface area contributed by atoms with Gasteiger partial charge in [0.2, 0.25) is 0 Å². The Kier molecular flexibility index (Phi) is 6.01. The van der Waals surface area contributed by atoms with Crippen molar-refractivity contribution < 1.29 is 4.79 Å². The molecule has 0 aliphatic carbocycles. The topological polar surface area (TPSA) is 50.2 Å². The van der Waals surface area contributed by atoms with Crippen molar-refractivity contribution in [3.05, 3.63) is 45.6 Å². The zero-order valence-electron chi connectivity index (χ0n) is 17.4. The molecule has 1 aromatic heterocycles. The van der Waals surface area contributed by atoms with E-state index in [1.54, 1.807) is 3.58 Å². The Bertz CT molecular complexity index is 956. The van der Waals surface area contributed by atoms with Crippen molar-refractivity contribution in [2.45, 2.75) is 52.2 Å². The minimum Gasteiger partial charge on any atom is -0.350 e. The number of fused-ring (bicyclic) bond motifs is 1. The highest BCUT2D eigenvalue weighted by molar-refractivity contribution is 14.2. The quantitative estimate of drug-likeness (QED) is 0.499. The van der Waals surface area contributed by atoms with E-state index in [1.165, 1.54) is 18.4 Å². The third-order valence-electron chi connectivity index (χ3n) is 5.98. The molecule has 1 saturated heterocycles. The molecule has 154 valence electrons. The van der Waals surface area contributed by atoms with E-state index in [9.17, 15) is 4.79 Å². The second-order valence-corrected chi connectivity index (χ2v) is 10.6. The lowest BCUT2D eigenvalue weighted by Gasteiger charge is -2.26. The molecule has 4 heterocycles. The van der Waals surface area contributed by atoms with Crippen LogP contribution in [-0.2, 0) is 11.3 Å². The van der Waals surface area contributed by atoms with Crippen LogP contribution in [0.4, 0.5) is 0 Å². The number of allylic oxidation sites excluding steroid dienone is 4. The zero-order chi connectivity index (χ0) is 20.5. The maximum atomic E-state index is 12.3. The zero-order valence-corrected chi connectivity index (χ0v) is 19.6. The van der Waals surface area contributed by atoms with Crippen LogP contribution in [0.5, 0.6) is 0 Å². The van der Waals surface area contributed by atoms with Gasteiger partial charge in [0, 0.05) is 37.3 Å². The number of carbonyl (C=O) groups is 1. The molecule has 6 heteroatoms. The Labute approximate surface area is 183 Å². The fourth-order valence-electron chi connectivity index (χ4n) is 4.32. The number of carbonyl (C=O) groups excluding carboxylic acids is 1. The molecular weight excluding hydrogens is 475 g/mol. The van der Waals surface area contributed by atoms with Crippen LogP contribution in [-0.4, -0.2) is 49.5 Å². The van der Waals surface area contributed by atoms with Crippen molar-refractivity contribution in [2.75, 3.05) is 13.1 Å². The molecule has 1 aromatic rings. The van der Waals surface area contributed by atoms with Crippen molar-refractivity contribution in [1.29, 1.82) is 0 Å². The lowest BCUT2D eigenvalue weighted by atomic mass is 10.1. The Balaban J connectivity index is 1.65. The average Bonchev–Trinajstić information content (AvgIpc) is 3.18. The van der Waals surface area contributed by atoms with Gasteiger partial charge in [-0.05, 0) is 47.3 Å². The van der Waals surface area contributed by atoms with Gasteiger partial charge in [-0.25, -0.2) is 4.98 Å². The van der Waals surface area contributed by atoms with E-state index in [1.807, 2.05) is 19.1 Å². The molecule has 5 nitrogen and oxygen atoms in total. The number of aromatic nitrogens is 2. The average molecular weight is 504 g/mol. The molecule has 1 unspecified atom stereocenters. The molecule has 0 spiro atoms. The van der Waals surface area contributed by atoms with Crippen LogP contribution >= 0.6 is 20.7 Å². The van der Waals surface area contributed by atoms with Gasteiger partial charge in [0.25, 0.3) is 5.91 Å². The van der Waals surface area contributed by atoms with Gasteiger partial charge in [-0.2, -0.15) is 0 Å². The Morgan fingerprint density at radius 2 is 2.07 bits per heavy atom. The first-order chi connectivity index (χ1) is 14.0. The molecule has 4 rings (SSSR count). The van der Waals surface area contributed by atoms with Crippen LogP contribution in [0.1, 0.15) is 50.8 Å². The van der Waals surface area contributed by atoms with E-state index >= 15 is 0 Å². The van der Waals surface area contributed by atoms with Crippen LogP contribution in [0.2, 0.25) is 0 Å². The lowest BCUT2D eigenvalue weighted by Crippen LogP contribution is -2.33. The van der Waals surface area contributed by atoms with Crippen LogP contribution in [0.15, 0.2) is 28.4 Å². The maximum absolute atomic E-state index is 12.3. The number of nitrogens with one attached hydrogen (secondary N) is 1. The summed E-state index contributed by atoms with van der Waals surface area (Å²) in [4.78, 5) is 19.8. The summed E-state index contributed by atoms with van der Waals surface area (Å²) in [6.07, 6.45) is 11.1. The molecule has 0 bridgehead atoms. The van der Waals surface area contributed by atoms with E-state index < -0.39 is 0 Å². The molecule has 1 amide bonds. The van der Waals surface area contributed by atoms with Crippen molar-refractivity contribution in [3.8, 4) is 0 Å². The normalized spacial score (nSPS) is 25.3. The predicted octanol–water partition coefficient (Wildman–Crippen LogP) is 3.99. The number of hydrogen-bond donors (Lipinski definition) is 1. The van der Waals surface area contributed by atoms with Gasteiger partial charge in [0.1, 0.15) is 5.82 Å². The predicted molar refractivity (Wildman–Crippen MR) is 130 cm³/mol. The molecule has 3 aliphatic rings. The minimum atomic E-state index is -0.165. The third-order valence-corrected chi connectivity index (χ3v) is 8.47. The van der Waals surface area contributed by atoms with Crippen molar-refractivity contribution in [3.63, 3.8) is 0 Å². The molecule has 29 heavy (non-hydrogen) atoms. The molecule has 3 aliphatic heterocycles. The summed E-state index contributed by atoms with van der Waals surface area (Å²) in [5.74, 6) is 0.842. The summed E-state index contributed by atoms with van der Waals surface area (Å²) in [7, 11) is 0. The van der Waals surface area contributed by atoms with Crippen molar-refractivity contribution >= 4 is 47.9 Å². The van der Waals surface area contributed by atoms with Crippen molar-refractivity contribution in [2.24, 2.45) is 0 Å². The SMILES string of the molecule is C=C1C(=O)NCCn2c(C3=CC=C(CN4C(C)CC[C@@H]4C)I=C3)nc(/C=C\C)c21. The van der Waals surface area contributed by atoms with Gasteiger partial charge in [-0.1, -0.05) is 45.5 Å². The fourth-order valence-corrected chi connectivity index (χ4v) is 6.52. The van der Waals surface area contributed by atoms with Gasteiger partial charge >= 0.3 is 0 Å². The highest BCUT2D eigenvalue weighted by atomic mass is 127. The summed E-state index contributed by atoms with van der Waals surface area (Å²) in [5, 5.41) is 2.93. The molecule has 1 fully saturated rings. The van der Waals surface area contributed by atoms with E-state index in [4.69, 9.17) is 4.98 Å². The van der Waals surface area contributed by atoms with Crippen LogP contribution < -0.4 is 5.32 Å². The lowest BCUT2D eigenvalue weighted by molar-refractivity contribution is -0.115. The number of imidazole rings is 1. The van der Waals surface area contributed by atoms with Crippen LogP contribution in [0.3, 0.4) is 0 Å². The standard InChI is InChI=1S/C23H29IN4O/c1-5-6-20-21-17(4)23(29)25-11-12-27(21)22(26-20)18-9-10-19(24-13-18)14-28-15(2)7-8-16(28)3/h5-6,9-10,13,15-16H,4,7-8,11-12,14H2,1-3H3,(H,25,29)/b6-5-/t15-,16?/m0/s1. The summed E-state index contributed by atoms with van der Waals surface area (Å²) >= 11 is -0.165. The summed E-state index contributed by atoms with van der Waals surface area (Å²) < 4.78 is 6.11. The summed E-state index contributed by atoms with van der Waals surface area (Å²) in [6.45, 7) is 13.1.